The zero-order valence-corrected chi connectivity index (χ0v) is 16.4. The highest BCUT2D eigenvalue weighted by Gasteiger charge is 2.23. The van der Waals surface area contributed by atoms with Crippen molar-refractivity contribution >= 4 is 34.3 Å². The molecule has 9 heteroatoms. The van der Waals surface area contributed by atoms with Crippen molar-refractivity contribution in [2.45, 2.75) is 33.6 Å². The van der Waals surface area contributed by atoms with Crippen molar-refractivity contribution < 1.29 is 14.4 Å². The van der Waals surface area contributed by atoms with Gasteiger partial charge in [0.05, 0.1) is 12.1 Å². The summed E-state index contributed by atoms with van der Waals surface area (Å²) in [5, 5.41) is 7.91. The van der Waals surface area contributed by atoms with E-state index in [1.54, 1.807) is 15.2 Å². The predicted molar refractivity (Wildman–Crippen MR) is 101 cm³/mol. The molecule has 0 unspecified atom stereocenters. The van der Waals surface area contributed by atoms with Crippen molar-refractivity contribution in [3.63, 3.8) is 0 Å². The molecule has 0 aliphatic carbocycles. The van der Waals surface area contributed by atoms with Crippen molar-refractivity contribution in [2.24, 2.45) is 5.92 Å². The number of aromatic nitrogens is 1. The average molecular weight is 382 g/mol. The van der Waals surface area contributed by atoms with Gasteiger partial charge >= 0.3 is 6.03 Å². The molecular weight excluding hydrogens is 354 g/mol. The highest BCUT2D eigenvalue weighted by Crippen LogP contribution is 2.17. The number of urea groups is 1. The lowest BCUT2D eigenvalue weighted by molar-refractivity contribution is -0.130. The minimum absolute atomic E-state index is 0.0290. The van der Waals surface area contributed by atoms with Crippen LogP contribution in [0.25, 0.3) is 0 Å². The van der Waals surface area contributed by atoms with E-state index in [2.05, 4.69) is 29.5 Å². The third-order valence-electron chi connectivity index (χ3n) is 4.16. The Balaban J connectivity index is 1.76. The third kappa shape index (κ3) is 6.29. The van der Waals surface area contributed by atoms with E-state index in [-0.39, 0.29) is 24.3 Å². The molecule has 4 amide bonds. The fourth-order valence-electron chi connectivity index (χ4n) is 2.57. The average Bonchev–Trinajstić information content (AvgIpc) is 3.01. The van der Waals surface area contributed by atoms with Gasteiger partial charge in [-0.25, -0.2) is 9.78 Å². The Kier molecular flexibility index (Phi) is 7.38. The number of hydrogen-bond donors (Lipinski definition) is 2. The number of amides is 4. The number of carbonyl (C=O) groups is 3. The van der Waals surface area contributed by atoms with E-state index in [0.717, 1.165) is 6.42 Å². The lowest BCUT2D eigenvalue weighted by Crippen LogP contribution is -2.51. The summed E-state index contributed by atoms with van der Waals surface area (Å²) in [7, 11) is 0. The first-order valence-corrected chi connectivity index (χ1v) is 9.75. The molecule has 1 saturated heterocycles. The Morgan fingerprint density at radius 2 is 1.85 bits per heavy atom. The van der Waals surface area contributed by atoms with E-state index >= 15 is 0 Å². The van der Waals surface area contributed by atoms with Gasteiger partial charge < -0.3 is 15.1 Å². The van der Waals surface area contributed by atoms with E-state index in [1.807, 2.05) is 0 Å². The Morgan fingerprint density at radius 3 is 2.46 bits per heavy atom. The van der Waals surface area contributed by atoms with Gasteiger partial charge in [0, 0.05) is 45.0 Å². The van der Waals surface area contributed by atoms with Gasteiger partial charge in [-0.1, -0.05) is 13.8 Å². The van der Waals surface area contributed by atoms with E-state index in [4.69, 9.17) is 0 Å². The van der Waals surface area contributed by atoms with E-state index in [9.17, 15) is 14.4 Å². The molecule has 2 N–H and O–H groups in total. The van der Waals surface area contributed by atoms with E-state index in [0.29, 0.717) is 49.5 Å². The van der Waals surface area contributed by atoms with Crippen LogP contribution in [0.15, 0.2) is 5.38 Å². The molecule has 0 radical (unpaired) electrons. The number of nitrogens with zero attached hydrogens (tertiary/aromatic N) is 3. The number of anilines is 1. The summed E-state index contributed by atoms with van der Waals surface area (Å²) in [4.78, 5) is 43.2. The Hall–Kier alpha value is -2.16. The highest BCUT2D eigenvalue weighted by atomic mass is 32.1. The third-order valence-corrected chi connectivity index (χ3v) is 4.97. The van der Waals surface area contributed by atoms with Gasteiger partial charge in [-0.2, -0.15) is 0 Å². The SMILES string of the molecule is CC(=O)N1CCN(C(=O)Nc2nc(CC(=O)NCCC(C)C)cs2)CC1. The van der Waals surface area contributed by atoms with Crippen LogP contribution in [0.5, 0.6) is 0 Å². The molecule has 1 aromatic rings. The highest BCUT2D eigenvalue weighted by molar-refractivity contribution is 7.13. The van der Waals surface area contributed by atoms with Gasteiger partial charge in [0.2, 0.25) is 11.8 Å². The molecule has 2 rings (SSSR count). The van der Waals surface area contributed by atoms with Crippen LogP contribution in [0.4, 0.5) is 9.93 Å². The molecule has 8 nitrogen and oxygen atoms in total. The van der Waals surface area contributed by atoms with Crippen molar-refractivity contribution in [3.05, 3.63) is 11.1 Å². The summed E-state index contributed by atoms with van der Waals surface area (Å²) < 4.78 is 0. The first-order valence-electron chi connectivity index (χ1n) is 8.87. The fraction of sp³-hybridized carbons (Fsp3) is 0.647. The number of piperazine rings is 1. The van der Waals surface area contributed by atoms with Crippen molar-refractivity contribution in [2.75, 3.05) is 38.0 Å². The molecule has 0 spiro atoms. The molecule has 0 atom stereocenters. The monoisotopic (exact) mass is 381 g/mol. The quantitative estimate of drug-likeness (QED) is 0.781. The second kappa shape index (κ2) is 9.51. The Labute approximate surface area is 157 Å². The lowest BCUT2D eigenvalue weighted by atomic mass is 10.1. The maximum Gasteiger partial charge on any atom is 0.323 e. The molecule has 0 aromatic carbocycles. The first-order chi connectivity index (χ1) is 12.3. The minimum Gasteiger partial charge on any atom is -0.356 e. The molecular formula is C17H27N5O3S. The smallest absolute Gasteiger partial charge is 0.323 e. The fourth-order valence-corrected chi connectivity index (χ4v) is 3.27. The van der Waals surface area contributed by atoms with Crippen molar-refractivity contribution in [1.29, 1.82) is 0 Å². The lowest BCUT2D eigenvalue weighted by Gasteiger charge is -2.33. The van der Waals surface area contributed by atoms with Gasteiger partial charge in [0.15, 0.2) is 5.13 Å². The maximum atomic E-state index is 12.3. The molecule has 2 heterocycles. The first kappa shape index (κ1) is 20.2. The number of hydrogen-bond acceptors (Lipinski definition) is 5. The largest absolute Gasteiger partial charge is 0.356 e. The molecule has 1 aliphatic rings. The van der Waals surface area contributed by atoms with Crippen LogP contribution >= 0.6 is 11.3 Å². The second-order valence-corrected chi connectivity index (χ2v) is 7.63. The van der Waals surface area contributed by atoms with Crippen LogP contribution in [-0.2, 0) is 16.0 Å². The van der Waals surface area contributed by atoms with E-state index < -0.39 is 0 Å². The molecule has 1 aliphatic heterocycles. The van der Waals surface area contributed by atoms with Gasteiger partial charge in [0.1, 0.15) is 0 Å². The zero-order valence-electron chi connectivity index (χ0n) is 15.6. The topological polar surface area (TPSA) is 94.6 Å². The minimum atomic E-state index is -0.226. The molecule has 0 saturated carbocycles. The summed E-state index contributed by atoms with van der Waals surface area (Å²) in [5.41, 5.74) is 0.647. The summed E-state index contributed by atoms with van der Waals surface area (Å²) in [5.74, 6) is 0.518. The Morgan fingerprint density at radius 1 is 1.19 bits per heavy atom. The van der Waals surface area contributed by atoms with Crippen LogP contribution in [0, 0.1) is 5.92 Å². The standard InChI is InChI=1S/C17H27N5O3S/c1-12(2)4-5-18-15(24)10-14-11-26-16(19-14)20-17(25)22-8-6-21(7-9-22)13(3)23/h11-12H,4-10H2,1-3H3,(H,18,24)(H,19,20,25). The van der Waals surface area contributed by atoms with Crippen molar-refractivity contribution in [1.82, 2.24) is 20.1 Å². The van der Waals surface area contributed by atoms with Crippen molar-refractivity contribution in [3.8, 4) is 0 Å². The number of thiazole rings is 1. The van der Waals surface area contributed by atoms with Gasteiger partial charge in [-0.05, 0) is 12.3 Å². The molecule has 0 bridgehead atoms. The molecule has 144 valence electrons. The van der Waals surface area contributed by atoms with Crippen LogP contribution in [0.2, 0.25) is 0 Å². The maximum absolute atomic E-state index is 12.3. The van der Waals surface area contributed by atoms with Crippen LogP contribution in [0.3, 0.4) is 0 Å². The number of nitrogens with one attached hydrogen (secondary N) is 2. The van der Waals surface area contributed by atoms with Crippen LogP contribution < -0.4 is 10.6 Å². The number of carbonyl (C=O) groups excluding carboxylic acids is 3. The predicted octanol–water partition coefficient (Wildman–Crippen LogP) is 1.54. The van der Waals surface area contributed by atoms with Crippen LogP contribution in [0.1, 0.15) is 32.9 Å². The molecule has 1 fully saturated rings. The van der Waals surface area contributed by atoms with Gasteiger partial charge in [-0.15, -0.1) is 11.3 Å². The van der Waals surface area contributed by atoms with E-state index in [1.165, 1.54) is 18.3 Å². The van der Waals surface area contributed by atoms with Crippen LogP contribution in [-0.4, -0.2) is 65.4 Å². The van der Waals surface area contributed by atoms with Gasteiger partial charge in [0.25, 0.3) is 0 Å². The summed E-state index contributed by atoms with van der Waals surface area (Å²) in [6.45, 7) is 8.51. The Bertz CT molecular complexity index is 638. The normalized spacial score (nSPS) is 14.5. The molecule has 26 heavy (non-hydrogen) atoms. The van der Waals surface area contributed by atoms with Gasteiger partial charge in [-0.3, -0.25) is 14.9 Å². The summed E-state index contributed by atoms with van der Waals surface area (Å²) in [6.07, 6.45) is 1.16. The summed E-state index contributed by atoms with van der Waals surface area (Å²) in [6, 6.07) is -0.226. The second-order valence-electron chi connectivity index (χ2n) is 6.78. The molecule has 1 aromatic heterocycles. The summed E-state index contributed by atoms with van der Waals surface area (Å²) >= 11 is 1.30. The zero-order chi connectivity index (χ0) is 19.1. The number of rotatable bonds is 6.